The summed E-state index contributed by atoms with van der Waals surface area (Å²) in [6.07, 6.45) is 2.46. The minimum absolute atomic E-state index is 0.0951. The van der Waals surface area contributed by atoms with Gasteiger partial charge in [0.1, 0.15) is 5.78 Å². The molecular formula is C25H27NO5S. The fraction of sp³-hybridized carbons (Fsp3) is 0.360. The number of ketones is 1. The molecule has 0 saturated carbocycles. The maximum absolute atomic E-state index is 13.5. The van der Waals surface area contributed by atoms with Crippen molar-refractivity contribution >= 4 is 23.1 Å². The molecular weight excluding hydrogens is 426 g/mol. The molecule has 0 fully saturated rings. The van der Waals surface area contributed by atoms with Crippen LogP contribution in [0, 0.1) is 5.92 Å². The molecule has 0 radical (unpaired) electrons. The number of carbonyl (C=O) groups is 2. The van der Waals surface area contributed by atoms with E-state index in [1.165, 1.54) is 7.11 Å². The number of thiophene rings is 1. The molecule has 2 aliphatic rings. The summed E-state index contributed by atoms with van der Waals surface area (Å²) in [5, 5.41) is 5.30. The van der Waals surface area contributed by atoms with E-state index < -0.39 is 11.9 Å². The van der Waals surface area contributed by atoms with Gasteiger partial charge in [0, 0.05) is 34.5 Å². The molecule has 1 N–H and O–H groups in total. The lowest BCUT2D eigenvalue weighted by molar-refractivity contribution is -0.136. The smallest absolute Gasteiger partial charge is 0.336 e. The summed E-state index contributed by atoms with van der Waals surface area (Å²) in [5.41, 5.74) is 3.06. The molecule has 2 aromatic rings. The van der Waals surface area contributed by atoms with Gasteiger partial charge in [-0.05, 0) is 43.0 Å². The molecule has 2 heterocycles. The van der Waals surface area contributed by atoms with E-state index in [0.717, 1.165) is 21.8 Å². The Kier molecular flexibility index (Phi) is 6.37. The number of allylic oxidation sites excluding steroid dienone is 3. The second kappa shape index (κ2) is 9.20. The molecule has 0 spiro atoms. The fourth-order valence-corrected chi connectivity index (χ4v) is 5.51. The first-order chi connectivity index (χ1) is 15.5. The molecule has 3 atom stereocenters. The molecule has 168 valence electrons. The lowest BCUT2D eigenvalue weighted by Crippen LogP contribution is -2.41. The Labute approximate surface area is 191 Å². The highest BCUT2D eigenvalue weighted by Crippen LogP contribution is 2.47. The van der Waals surface area contributed by atoms with Crippen molar-refractivity contribution in [2.24, 2.45) is 5.92 Å². The molecule has 6 nitrogen and oxygen atoms in total. The van der Waals surface area contributed by atoms with Crippen LogP contribution in [0.3, 0.4) is 0 Å². The highest BCUT2D eigenvalue weighted by Gasteiger charge is 2.45. The third-order valence-electron chi connectivity index (χ3n) is 6.03. The molecule has 1 aromatic heterocycles. The van der Waals surface area contributed by atoms with E-state index in [9.17, 15) is 9.59 Å². The van der Waals surface area contributed by atoms with Crippen LogP contribution in [0.2, 0.25) is 0 Å². The van der Waals surface area contributed by atoms with Crippen LogP contribution in [-0.4, -0.2) is 32.6 Å². The number of esters is 1. The minimum Gasteiger partial charge on any atom is -0.493 e. The first kappa shape index (κ1) is 22.1. The zero-order chi connectivity index (χ0) is 22.8. The van der Waals surface area contributed by atoms with Crippen molar-refractivity contribution in [2.75, 3.05) is 20.8 Å². The second-order valence-corrected chi connectivity index (χ2v) is 8.85. The van der Waals surface area contributed by atoms with E-state index in [-0.39, 0.29) is 17.6 Å². The SMILES string of the molecule is CCOc1ccc(C2C=C3NC(C)=C(C(=O)OC)C(c4cccs4)C3C(=O)C2)cc1OC. The molecule has 4 rings (SSSR count). The number of rotatable bonds is 6. The average Bonchev–Trinajstić information content (AvgIpc) is 3.32. The highest BCUT2D eigenvalue weighted by atomic mass is 32.1. The molecule has 1 aliphatic heterocycles. The largest absolute Gasteiger partial charge is 0.493 e. The predicted molar refractivity (Wildman–Crippen MR) is 123 cm³/mol. The van der Waals surface area contributed by atoms with E-state index in [4.69, 9.17) is 14.2 Å². The monoisotopic (exact) mass is 453 g/mol. The number of hydrogen-bond donors (Lipinski definition) is 1. The van der Waals surface area contributed by atoms with Gasteiger partial charge in [-0.3, -0.25) is 4.79 Å². The Morgan fingerprint density at radius 1 is 1.19 bits per heavy atom. The minimum atomic E-state index is -0.438. The lowest BCUT2D eigenvalue weighted by atomic mass is 9.70. The van der Waals surface area contributed by atoms with E-state index in [2.05, 4.69) is 11.4 Å². The van der Waals surface area contributed by atoms with Crippen molar-refractivity contribution in [2.45, 2.75) is 32.1 Å². The Morgan fingerprint density at radius 3 is 2.66 bits per heavy atom. The number of ether oxygens (including phenoxy) is 3. The van der Waals surface area contributed by atoms with Gasteiger partial charge in [0.25, 0.3) is 0 Å². The molecule has 1 aliphatic carbocycles. The molecule has 7 heteroatoms. The molecule has 32 heavy (non-hydrogen) atoms. The van der Waals surface area contributed by atoms with Crippen LogP contribution in [0.5, 0.6) is 11.5 Å². The predicted octanol–water partition coefficient (Wildman–Crippen LogP) is 4.55. The van der Waals surface area contributed by atoms with Crippen molar-refractivity contribution < 1.29 is 23.8 Å². The fourth-order valence-electron chi connectivity index (χ4n) is 4.63. The Morgan fingerprint density at radius 2 is 2.00 bits per heavy atom. The van der Waals surface area contributed by atoms with E-state index >= 15 is 0 Å². The zero-order valence-electron chi connectivity index (χ0n) is 18.6. The van der Waals surface area contributed by atoms with Crippen LogP contribution in [0.25, 0.3) is 0 Å². The quantitative estimate of drug-likeness (QED) is 0.647. The summed E-state index contributed by atoms with van der Waals surface area (Å²) in [4.78, 5) is 27.1. The lowest BCUT2D eigenvalue weighted by Gasteiger charge is -2.39. The second-order valence-electron chi connectivity index (χ2n) is 7.87. The van der Waals surface area contributed by atoms with Crippen molar-refractivity contribution in [1.29, 1.82) is 0 Å². The molecule has 3 unspecified atom stereocenters. The van der Waals surface area contributed by atoms with E-state index in [1.54, 1.807) is 18.4 Å². The van der Waals surface area contributed by atoms with Gasteiger partial charge in [0.15, 0.2) is 11.5 Å². The molecule has 1 aromatic carbocycles. The topological polar surface area (TPSA) is 73.9 Å². The van der Waals surface area contributed by atoms with Gasteiger partial charge in [-0.2, -0.15) is 0 Å². The average molecular weight is 454 g/mol. The van der Waals surface area contributed by atoms with E-state index in [1.807, 2.05) is 49.6 Å². The van der Waals surface area contributed by atoms with Gasteiger partial charge in [0.2, 0.25) is 0 Å². The van der Waals surface area contributed by atoms with Gasteiger partial charge < -0.3 is 19.5 Å². The van der Waals surface area contributed by atoms with Crippen molar-refractivity contribution in [1.82, 2.24) is 5.32 Å². The molecule has 0 bridgehead atoms. The first-order valence-electron chi connectivity index (χ1n) is 10.6. The third-order valence-corrected chi connectivity index (χ3v) is 6.99. The van der Waals surface area contributed by atoms with Gasteiger partial charge >= 0.3 is 5.97 Å². The standard InChI is InChI=1S/C25H27NO5S/c1-5-31-19-9-8-15(13-20(19)29-3)16-11-17-23(18(27)12-16)24(21-7-6-10-32-21)22(14(2)26-17)25(28)30-4/h6-11,13,16,23-24,26H,5,12H2,1-4H3. The number of Topliss-reactive ketones (excluding diaryl/α,β-unsaturated/α-hetero) is 1. The molecule has 0 amide bonds. The van der Waals surface area contributed by atoms with Gasteiger partial charge in [0.05, 0.1) is 32.3 Å². The summed E-state index contributed by atoms with van der Waals surface area (Å²) in [7, 11) is 2.98. The van der Waals surface area contributed by atoms with Gasteiger partial charge in [-0.25, -0.2) is 4.79 Å². The summed E-state index contributed by atoms with van der Waals surface area (Å²) >= 11 is 1.55. The zero-order valence-corrected chi connectivity index (χ0v) is 19.5. The van der Waals surface area contributed by atoms with E-state index in [0.29, 0.717) is 30.1 Å². The van der Waals surface area contributed by atoms with Crippen LogP contribution < -0.4 is 14.8 Å². The Bertz CT molecular complexity index is 1090. The summed E-state index contributed by atoms with van der Waals surface area (Å²) in [6, 6.07) is 9.71. The van der Waals surface area contributed by atoms with Crippen LogP contribution in [0.15, 0.2) is 58.8 Å². The Balaban J connectivity index is 1.76. The third kappa shape index (κ3) is 3.93. The summed E-state index contributed by atoms with van der Waals surface area (Å²) < 4.78 is 16.2. The number of benzene rings is 1. The van der Waals surface area contributed by atoms with Crippen LogP contribution in [-0.2, 0) is 14.3 Å². The summed E-state index contributed by atoms with van der Waals surface area (Å²) in [5.74, 6) is 0.141. The number of carbonyl (C=O) groups excluding carboxylic acids is 2. The van der Waals surface area contributed by atoms with Gasteiger partial charge in [-0.1, -0.05) is 18.2 Å². The van der Waals surface area contributed by atoms with Crippen LogP contribution >= 0.6 is 11.3 Å². The van der Waals surface area contributed by atoms with Crippen LogP contribution in [0.4, 0.5) is 0 Å². The number of fused-ring (bicyclic) bond motifs is 1. The van der Waals surface area contributed by atoms with Crippen molar-refractivity contribution in [3.63, 3.8) is 0 Å². The van der Waals surface area contributed by atoms with Gasteiger partial charge in [-0.15, -0.1) is 11.3 Å². The van der Waals surface area contributed by atoms with Crippen LogP contribution in [0.1, 0.15) is 42.5 Å². The van der Waals surface area contributed by atoms with Crippen molar-refractivity contribution in [3.05, 3.63) is 69.2 Å². The maximum atomic E-state index is 13.5. The summed E-state index contributed by atoms with van der Waals surface area (Å²) in [6.45, 7) is 4.33. The molecule has 0 saturated heterocycles. The number of nitrogens with one attached hydrogen (secondary N) is 1. The highest BCUT2D eigenvalue weighted by molar-refractivity contribution is 7.10. The maximum Gasteiger partial charge on any atom is 0.336 e. The number of hydrogen-bond acceptors (Lipinski definition) is 7. The first-order valence-corrected chi connectivity index (χ1v) is 11.5. The number of methoxy groups -OCH3 is 2. The normalized spacial score (nSPS) is 22.6. The van der Waals surface area contributed by atoms with Crippen molar-refractivity contribution in [3.8, 4) is 11.5 Å². The Hall–Kier alpha value is -3.06.